The first-order valence-electron chi connectivity index (χ1n) is 4.97. The van der Waals surface area contributed by atoms with E-state index in [9.17, 15) is 0 Å². The third-order valence-electron chi connectivity index (χ3n) is 2.51. The van der Waals surface area contributed by atoms with Crippen LogP contribution in [0, 0.1) is 0 Å². The summed E-state index contributed by atoms with van der Waals surface area (Å²) in [6.45, 7) is 2.17. The molecule has 0 N–H and O–H groups in total. The van der Waals surface area contributed by atoms with Crippen LogP contribution >= 0.6 is 0 Å². The molecular formula is C14H14. The van der Waals surface area contributed by atoms with Gasteiger partial charge in [-0.15, -0.1) is 0 Å². The molecule has 0 atom stereocenters. The van der Waals surface area contributed by atoms with Gasteiger partial charge in [-0.1, -0.05) is 54.6 Å². The molecule has 0 spiro atoms. The van der Waals surface area contributed by atoms with E-state index in [1.165, 1.54) is 16.7 Å². The highest BCUT2D eigenvalue weighted by Gasteiger charge is 2.00. The Morgan fingerprint density at radius 3 is 2.29 bits per heavy atom. The van der Waals surface area contributed by atoms with E-state index < -0.39 is 0 Å². The largest absolute Gasteiger partial charge is 0.0801 e. The fraction of sp³-hybridized carbons (Fsp3) is 0.143. The second-order valence-electron chi connectivity index (χ2n) is 3.49. The van der Waals surface area contributed by atoms with Crippen molar-refractivity contribution in [1.29, 1.82) is 0 Å². The van der Waals surface area contributed by atoms with Crippen molar-refractivity contribution >= 4 is 5.57 Å². The Morgan fingerprint density at radius 2 is 1.64 bits per heavy atom. The van der Waals surface area contributed by atoms with Crippen molar-refractivity contribution < 1.29 is 0 Å². The Bertz CT molecular complexity index is 377. The average molecular weight is 182 g/mol. The van der Waals surface area contributed by atoms with Gasteiger partial charge in [0.2, 0.25) is 0 Å². The van der Waals surface area contributed by atoms with Crippen molar-refractivity contribution in [2.45, 2.75) is 13.3 Å². The highest BCUT2D eigenvalue weighted by molar-refractivity contribution is 5.72. The van der Waals surface area contributed by atoms with Gasteiger partial charge in [-0.2, -0.15) is 0 Å². The van der Waals surface area contributed by atoms with E-state index in [-0.39, 0.29) is 0 Å². The lowest BCUT2D eigenvalue weighted by atomic mass is 9.98. The van der Waals surface area contributed by atoms with E-state index in [4.69, 9.17) is 0 Å². The smallest absolute Gasteiger partial charge is 0.0162 e. The summed E-state index contributed by atoms with van der Waals surface area (Å²) in [6.07, 6.45) is 9.85. The van der Waals surface area contributed by atoms with Gasteiger partial charge in [0.05, 0.1) is 0 Å². The Hall–Kier alpha value is -1.56. The number of hydrogen-bond donors (Lipinski definition) is 0. The molecule has 0 amide bonds. The normalized spacial score (nSPS) is 14.5. The van der Waals surface area contributed by atoms with Gasteiger partial charge in [0.25, 0.3) is 0 Å². The lowest BCUT2D eigenvalue weighted by molar-refractivity contribution is 1.34. The maximum Gasteiger partial charge on any atom is -0.0162 e. The summed E-state index contributed by atoms with van der Waals surface area (Å²) in [4.78, 5) is 0. The molecule has 1 aliphatic rings. The van der Waals surface area contributed by atoms with Crippen LogP contribution in [0.5, 0.6) is 0 Å². The molecule has 0 aliphatic heterocycles. The molecule has 0 aromatic heterocycles. The first kappa shape index (κ1) is 9.01. The van der Waals surface area contributed by atoms with Crippen LogP contribution in [0.15, 0.2) is 60.2 Å². The summed E-state index contributed by atoms with van der Waals surface area (Å²) in [5, 5.41) is 0. The zero-order valence-corrected chi connectivity index (χ0v) is 8.40. The van der Waals surface area contributed by atoms with Crippen LogP contribution in [-0.4, -0.2) is 0 Å². The summed E-state index contributed by atoms with van der Waals surface area (Å²) in [5.41, 5.74) is 3.97. The first-order chi connectivity index (χ1) is 6.88. The summed E-state index contributed by atoms with van der Waals surface area (Å²) in [6, 6.07) is 10.5. The topological polar surface area (TPSA) is 0 Å². The lowest BCUT2D eigenvalue weighted by Crippen LogP contribution is -1.85. The van der Waals surface area contributed by atoms with Crippen molar-refractivity contribution in [2.75, 3.05) is 0 Å². The van der Waals surface area contributed by atoms with Gasteiger partial charge in [-0.25, -0.2) is 0 Å². The highest BCUT2D eigenvalue weighted by Crippen LogP contribution is 2.21. The van der Waals surface area contributed by atoms with Crippen LogP contribution in [0.4, 0.5) is 0 Å². The minimum absolute atomic E-state index is 1.06. The van der Waals surface area contributed by atoms with E-state index in [1.54, 1.807) is 0 Å². The Labute approximate surface area is 85.3 Å². The van der Waals surface area contributed by atoms with Crippen molar-refractivity contribution in [2.24, 2.45) is 0 Å². The molecule has 0 heteroatoms. The van der Waals surface area contributed by atoms with Crippen molar-refractivity contribution in [1.82, 2.24) is 0 Å². The summed E-state index contributed by atoms with van der Waals surface area (Å²) >= 11 is 0. The first-order valence-corrected chi connectivity index (χ1v) is 4.97. The maximum atomic E-state index is 2.20. The summed E-state index contributed by atoms with van der Waals surface area (Å²) in [5.74, 6) is 0. The van der Waals surface area contributed by atoms with E-state index >= 15 is 0 Å². The molecule has 14 heavy (non-hydrogen) atoms. The Morgan fingerprint density at radius 1 is 1.00 bits per heavy atom. The predicted octanol–water partition coefficient (Wildman–Crippen LogP) is 3.98. The van der Waals surface area contributed by atoms with Crippen LogP contribution in [0.2, 0.25) is 0 Å². The zero-order chi connectivity index (χ0) is 9.80. The van der Waals surface area contributed by atoms with Crippen LogP contribution in [0.25, 0.3) is 5.57 Å². The minimum Gasteiger partial charge on any atom is -0.0801 e. The van der Waals surface area contributed by atoms with Gasteiger partial charge in [0, 0.05) is 0 Å². The van der Waals surface area contributed by atoms with E-state index in [2.05, 4.69) is 55.5 Å². The molecule has 0 unspecified atom stereocenters. The number of benzene rings is 1. The van der Waals surface area contributed by atoms with Crippen LogP contribution in [0.1, 0.15) is 18.9 Å². The van der Waals surface area contributed by atoms with E-state index in [1.807, 2.05) is 6.07 Å². The lowest BCUT2D eigenvalue weighted by Gasteiger charge is -2.07. The Kier molecular flexibility index (Phi) is 2.64. The van der Waals surface area contributed by atoms with Gasteiger partial charge in [0.1, 0.15) is 0 Å². The SMILES string of the molecule is CC(=C1C=CCC=C1)c1ccccc1. The van der Waals surface area contributed by atoms with E-state index in [0.29, 0.717) is 0 Å². The summed E-state index contributed by atoms with van der Waals surface area (Å²) in [7, 11) is 0. The van der Waals surface area contributed by atoms with Crippen LogP contribution in [-0.2, 0) is 0 Å². The fourth-order valence-corrected chi connectivity index (χ4v) is 1.63. The van der Waals surface area contributed by atoms with Crippen molar-refractivity contribution in [3.8, 4) is 0 Å². The van der Waals surface area contributed by atoms with Crippen LogP contribution < -0.4 is 0 Å². The van der Waals surface area contributed by atoms with Crippen molar-refractivity contribution in [3.05, 3.63) is 65.8 Å². The minimum atomic E-state index is 1.06. The molecule has 0 saturated heterocycles. The fourth-order valence-electron chi connectivity index (χ4n) is 1.63. The third-order valence-corrected chi connectivity index (χ3v) is 2.51. The third kappa shape index (κ3) is 1.85. The second-order valence-corrected chi connectivity index (χ2v) is 3.49. The predicted molar refractivity (Wildman–Crippen MR) is 61.9 cm³/mol. The molecule has 0 fully saturated rings. The molecule has 1 aromatic rings. The van der Waals surface area contributed by atoms with Gasteiger partial charge >= 0.3 is 0 Å². The zero-order valence-electron chi connectivity index (χ0n) is 8.40. The van der Waals surface area contributed by atoms with Gasteiger partial charge in [0.15, 0.2) is 0 Å². The molecule has 0 bridgehead atoms. The highest BCUT2D eigenvalue weighted by atomic mass is 14.0. The molecule has 2 rings (SSSR count). The molecule has 0 radical (unpaired) electrons. The maximum absolute atomic E-state index is 2.20. The average Bonchev–Trinajstić information content (AvgIpc) is 2.30. The molecule has 0 saturated carbocycles. The molecule has 1 aliphatic carbocycles. The Balaban J connectivity index is 2.39. The van der Waals surface area contributed by atoms with Crippen LogP contribution in [0.3, 0.4) is 0 Å². The van der Waals surface area contributed by atoms with Gasteiger partial charge < -0.3 is 0 Å². The number of hydrogen-bond acceptors (Lipinski definition) is 0. The summed E-state index contributed by atoms with van der Waals surface area (Å²) < 4.78 is 0. The second kappa shape index (κ2) is 4.10. The quantitative estimate of drug-likeness (QED) is 0.616. The molecule has 70 valence electrons. The van der Waals surface area contributed by atoms with Crippen molar-refractivity contribution in [3.63, 3.8) is 0 Å². The molecule has 0 nitrogen and oxygen atoms in total. The van der Waals surface area contributed by atoms with E-state index in [0.717, 1.165) is 6.42 Å². The number of rotatable bonds is 1. The molecular weight excluding hydrogens is 168 g/mol. The standard InChI is InChI=1S/C14H14/c1-12(13-8-4-2-5-9-13)14-10-6-3-7-11-14/h2,4-11H,3H2,1H3. The van der Waals surface area contributed by atoms with Gasteiger partial charge in [-0.3, -0.25) is 0 Å². The monoisotopic (exact) mass is 182 g/mol. The molecule has 0 heterocycles. The molecule has 1 aromatic carbocycles. The van der Waals surface area contributed by atoms with Gasteiger partial charge in [-0.05, 0) is 30.1 Å². The number of allylic oxidation sites excluding steroid dienone is 6.